The number of nitrogens with two attached hydrogens (primary N) is 1. The van der Waals surface area contributed by atoms with Gasteiger partial charge in [0.25, 0.3) is 5.91 Å². The van der Waals surface area contributed by atoms with Gasteiger partial charge in [-0.05, 0) is 37.6 Å². The molecule has 186 valence electrons. The van der Waals surface area contributed by atoms with Crippen molar-refractivity contribution >= 4 is 47.4 Å². The molecule has 2 atom stereocenters. The summed E-state index contributed by atoms with van der Waals surface area (Å²) in [5, 5.41) is 36.9. The van der Waals surface area contributed by atoms with Gasteiger partial charge in [-0.3, -0.25) is 14.4 Å². The van der Waals surface area contributed by atoms with Crippen molar-refractivity contribution in [2.24, 2.45) is 0 Å². The first kappa shape index (κ1) is 25.0. The molecule has 0 aliphatic carbocycles. The molecule has 0 saturated heterocycles. The number of fused-ring (bicyclic) bond motifs is 1. The van der Waals surface area contributed by atoms with Crippen LogP contribution in [0.2, 0.25) is 0 Å². The Kier molecular flexibility index (Phi) is 7.22. The molecule has 14 heteroatoms. The Hall–Kier alpha value is -4.62. The maximum absolute atomic E-state index is 12.5. The number of benzene rings is 1. The molecule has 0 fully saturated rings. The molecular weight excluding hydrogens is 462 g/mol. The van der Waals surface area contributed by atoms with E-state index in [1.54, 1.807) is 12.1 Å². The first-order chi connectivity index (χ1) is 16.5. The number of carboxylic acids is 2. The van der Waals surface area contributed by atoms with Crippen LogP contribution in [0.1, 0.15) is 30.1 Å². The van der Waals surface area contributed by atoms with Crippen molar-refractivity contribution < 1.29 is 34.5 Å². The minimum Gasteiger partial charge on any atom is -0.492 e. The highest BCUT2D eigenvalue weighted by Gasteiger charge is 2.35. The molecular formula is C21H25N7O7. The highest BCUT2D eigenvalue weighted by atomic mass is 16.4. The molecule has 1 unspecified atom stereocenters. The normalized spacial score (nSPS) is 16.3. The summed E-state index contributed by atoms with van der Waals surface area (Å²) in [6, 6.07) is 5.74. The summed E-state index contributed by atoms with van der Waals surface area (Å²) in [6.07, 6.45) is -0.133. The van der Waals surface area contributed by atoms with Crippen LogP contribution in [0.25, 0.3) is 0 Å². The highest BCUT2D eigenvalue weighted by Crippen LogP contribution is 2.36. The van der Waals surface area contributed by atoms with Gasteiger partial charge in [0.15, 0.2) is 5.82 Å². The Bertz CT molecular complexity index is 1140. The van der Waals surface area contributed by atoms with Crippen LogP contribution in [0.5, 0.6) is 5.88 Å². The zero-order valence-electron chi connectivity index (χ0n) is 18.7. The van der Waals surface area contributed by atoms with E-state index in [0.717, 1.165) is 0 Å². The van der Waals surface area contributed by atoms with Crippen LogP contribution in [-0.4, -0.2) is 74.2 Å². The van der Waals surface area contributed by atoms with E-state index in [1.807, 2.05) is 0 Å². The van der Waals surface area contributed by atoms with Crippen molar-refractivity contribution in [2.45, 2.75) is 31.3 Å². The van der Waals surface area contributed by atoms with Crippen molar-refractivity contribution in [1.82, 2.24) is 15.3 Å². The summed E-state index contributed by atoms with van der Waals surface area (Å²) >= 11 is 0. The van der Waals surface area contributed by atoms with Crippen LogP contribution in [0.15, 0.2) is 24.3 Å². The third-order valence-corrected chi connectivity index (χ3v) is 5.54. The lowest BCUT2D eigenvalue weighted by Crippen LogP contribution is -2.52. The molecule has 1 aromatic heterocycles. The smallest absolute Gasteiger partial charge is 0.329 e. The molecule has 8 N–H and O–H groups in total. The quantitative estimate of drug-likeness (QED) is 0.221. The largest absolute Gasteiger partial charge is 0.492 e. The average Bonchev–Trinajstić information content (AvgIpc) is 2.81. The van der Waals surface area contributed by atoms with E-state index in [0.29, 0.717) is 18.6 Å². The number of aromatic nitrogens is 2. The predicted octanol–water partition coefficient (Wildman–Crippen LogP) is 0.0713. The number of carbonyl (C=O) groups is 4. The number of rotatable bonds is 10. The van der Waals surface area contributed by atoms with Gasteiger partial charge in [0, 0.05) is 30.8 Å². The fraction of sp³-hybridized carbons (Fsp3) is 0.333. The first-order valence-corrected chi connectivity index (χ1v) is 10.5. The standard InChI is InChI=1S/C21H25N7O7/c1-21(19(34)35,7-6-14(30)31)27-17(32)11-2-4-12(5-3-11)23-8-13-9-24-16-15(28(13)10-29)18(33)26-20(22)25-16/h2-5,10,13,23H,6-9H2,1H3,(H,27,32)(H,30,31)(H,34,35)(H4,22,24,25,26,33)/t13?,21-/m0/s1. The number of nitrogen functional groups attached to an aromatic ring is 1. The molecule has 0 spiro atoms. The van der Waals surface area contributed by atoms with E-state index in [-0.39, 0.29) is 36.0 Å². The molecule has 2 amide bonds. The fourth-order valence-corrected chi connectivity index (χ4v) is 3.50. The number of carbonyl (C=O) groups excluding carboxylic acids is 2. The van der Waals surface area contributed by atoms with E-state index < -0.39 is 41.7 Å². The maximum atomic E-state index is 12.5. The number of carboxylic acid groups (broad SMARTS) is 2. The van der Waals surface area contributed by atoms with Gasteiger partial charge in [-0.25, -0.2) is 4.79 Å². The summed E-state index contributed by atoms with van der Waals surface area (Å²) in [7, 11) is 0. The van der Waals surface area contributed by atoms with Crippen LogP contribution < -0.4 is 26.6 Å². The minimum absolute atomic E-state index is 0.114. The monoisotopic (exact) mass is 487 g/mol. The minimum atomic E-state index is -1.74. The van der Waals surface area contributed by atoms with Gasteiger partial charge in [-0.2, -0.15) is 9.97 Å². The van der Waals surface area contributed by atoms with Crippen LogP contribution in [0.3, 0.4) is 0 Å². The van der Waals surface area contributed by atoms with Crippen molar-refractivity contribution in [2.75, 3.05) is 34.4 Å². The zero-order valence-corrected chi connectivity index (χ0v) is 18.7. The average molecular weight is 487 g/mol. The Morgan fingerprint density at radius 2 is 1.94 bits per heavy atom. The summed E-state index contributed by atoms with van der Waals surface area (Å²) in [5.41, 5.74) is 4.69. The third-order valence-electron chi connectivity index (χ3n) is 5.54. The van der Waals surface area contributed by atoms with E-state index in [4.69, 9.17) is 10.8 Å². The lowest BCUT2D eigenvalue weighted by molar-refractivity contribution is -0.145. The molecule has 2 aromatic rings. The number of hydrogen-bond donors (Lipinski definition) is 7. The van der Waals surface area contributed by atoms with Crippen LogP contribution in [0.4, 0.5) is 23.1 Å². The molecule has 1 aliphatic heterocycles. The van der Waals surface area contributed by atoms with Gasteiger partial charge in [0.1, 0.15) is 11.2 Å². The topological polar surface area (TPSA) is 220 Å². The van der Waals surface area contributed by atoms with Gasteiger partial charge >= 0.3 is 11.9 Å². The lowest BCUT2D eigenvalue weighted by atomic mass is 9.95. The van der Waals surface area contributed by atoms with Gasteiger partial charge in [0.2, 0.25) is 18.2 Å². The Labute approximate surface area is 199 Å². The molecule has 3 rings (SSSR count). The number of nitrogens with zero attached hydrogens (tertiary/aromatic N) is 3. The number of aromatic hydroxyl groups is 1. The molecule has 0 bridgehead atoms. The van der Waals surface area contributed by atoms with E-state index in [9.17, 15) is 29.4 Å². The second-order valence-corrected chi connectivity index (χ2v) is 8.09. The fourth-order valence-electron chi connectivity index (χ4n) is 3.50. The summed E-state index contributed by atoms with van der Waals surface area (Å²) < 4.78 is 0. The summed E-state index contributed by atoms with van der Waals surface area (Å²) in [5.74, 6) is -3.49. The van der Waals surface area contributed by atoms with Gasteiger partial charge in [-0.15, -0.1) is 0 Å². The molecule has 0 saturated carbocycles. The first-order valence-electron chi connectivity index (χ1n) is 10.5. The third kappa shape index (κ3) is 5.66. The van der Waals surface area contributed by atoms with Crippen molar-refractivity contribution in [3.63, 3.8) is 0 Å². The van der Waals surface area contributed by atoms with Crippen molar-refractivity contribution in [3.05, 3.63) is 29.8 Å². The molecule has 1 aliphatic rings. The molecule has 0 radical (unpaired) electrons. The Morgan fingerprint density at radius 3 is 2.54 bits per heavy atom. The zero-order chi connectivity index (χ0) is 25.8. The number of hydrogen-bond acceptors (Lipinski definition) is 10. The molecule has 35 heavy (non-hydrogen) atoms. The predicted molar refractivity (Wildman–Crippen MR) is 124 cm³/mol. The van der Waals surface area contributed by atoms with E-state index in [1.165, 1.54) is 24.0 Å². The molecule has 2 heterocycles. The van der Waals surface area contributed by atoms with Crippen molar-refractivity contribution in [3.8, 4) is 5.88 Å². The maximum Gasteiger partial charge on any atom is 0.329 e. The summed E-state index contributed by atoms with van der Waals surface area (Å²) in [4.78, 5) is 55.6. The second kappa shape index (κ2) is 10.1. The molecule has 14 nitrogen and oxygen atoms in total. The van der Waals surface area contributed by atoms with E-state index in [2.05, 4.69) is 25.9 Å². The SMILES string of the molecule is C[C@@](CCC(=O)O)(NC(=O)c1ccc(NCC2CNc3nc(N)nc(O)c3N2C=O)cc1)C(=O)O. The number of anilines is 4. The van der Waals surface area contributed by atoms with Crippen LogP contribution in [0, 0.1) is 0 Å². The highest BCUT2D eigenvalue weighted by molar-refractivity contribution is 5.98. The number of nitrogens with one attached hydrogen (secondary N) is 3. The molecule has 1 aromatic carbocycles. The van der Waals surface area contributed by atoms with Crippen LogP contribution in [-0.2, 0) is 14.4 Å². The van der Waals surface area contributed by atoms with Gasteiger partial charge in [0.05, 0.1) is 6.04 Å². The second-order valence-electron chi connectivity index (χ2n) is 8.09. The van der Waals surface area contributed by atoms with E-state index >= 15 is 0 Å². The van der Waals surface area contributed by atoms with Crippen LogP contribution >= 0.6 is 0 Å². The van der Waals surface area contributed by atoms with Crippen molar-refractivity contribution in [1.29, 1.82) is 0 Å². The lowest BCUT2D eigenvalue weighted by Gasteiger charge is -2.34. The Balaban J connectivity index is 1.64. The summed E-state index contributed by atoms with van der Waals surface area (Å²) in [6.45, 7) is 1.84. The Morgan fingerprint density at radius 1 is 1.26 bits per heavy atom. The van der Waals surface area contributed by atoms with Gasteiger partial charge < -0.3 is 41.9 Å². The number of amides is 2. The number of aliphatic carboxylic acids is 2. The van der Waals surface area contributed by atoms with Gasteiger partial charge in [-0.1, -0.05) is 0 Å².